The molecule has 0 spiro atoms. The number of amides is 1. The van der Waals surface area contributed by atoms with Crippen LogP contribution < -0.4 is 5.32 Å². The largest absolute Gasteiger partial charge is 0.302 e. The number of hydrogen-bond acceptors (Lipinski definition) is 5. The van der Waals surface area contributed by atoms with Gasteiger partial charge in [0.15, 0.2) is 5.13 Å². The van der Waals surface area contributed by atoms with Crippen molar-refractivity contribution in [3.8, 4) is 11.1 Å². The molecule has 6 heteroatoms. The molecule has 0 saturated carbocycles. The van der Waals surface area contributed by atoms with Crippen LogP contribution in [-0.4, -0.2) is 20.9 Å². The maximum absolute atomic E-state index is 11.0. The number of carbonyl (C=O) groups is 1. The van der Waals surface area contributed by atoms with Crippen molar-refractivity contribution in [1.29, 1.82) is 0 Å². The molecule has 2 heterocycles. The first kappa shape index (κ1) is 11.7. The van der Waals surface area contributed by atoms with Crippen molar-refractivity contribution in [1.82, 2.24) is 15.0 Å². The highest BCUT2D eigenvalue weighted by Gasteiger charge is 2.06. The second kappa shape index (κ2) is 4.74. The normalized spacial score (nSPS) is 10.6. The average molecular weight is 270 g/mol. The highest BCUT2D eigenvalue weighted by Crippen LogP contribution is 2.29. The Hall–Kier alpha value is -2.34. The first-order chi connectivity index (χ1) is 9.22. The predicted molar refractivity (Wildman–Crippen MR) is 74.9 cm³/mol. The fourth-order valence-electron chi connectivity index (χ4n) is 1.76. The van der Waals surface area contributed by atoms with Crippen molar-refractivity contribution < 1.29 is 4.79 Å². The van der Waals surface area contributed by atoms with Gasteiger partial charge < -0.3 is 5.32 Å². The van der Waals surface area contributed by atoms with E-state index < -0.39 is 0 Å². The minimum Gasteiger partial charge on any atom is -0.302 e. The molecule has 0 bridgehead atoms. The summed E-state index contributed by atoms with van der Waals surface area (Å²) in [7, 11) is 0. The van der Waals surface area contributed by atoms with E-state index in [0.29, 0.717) is 5.13 Å². The van der Waals surface area contributed by atoms with E-state index in [0.717, 1.165) is 21.3 Å². The summed E-state index contributed by atoms with van der Waals surface area (Å²) in [5.41, 5.74) is 2.86. The fraction of sp³-hybridized carbons (Fsp3) is 0.0769. The lowest BCUT2D eigenvalue weighted by Crippen LogP contribution is -2.04. The van der Waals surface area contributed by atoms with E-state index in [1.165, 1.54) is 24.6 Å². The van der Waals surface area contributed by atoms with Crippen LogP contribution >= 0.6 is 11.3 Å². The number of carbonyl (C=O) groups excluding carboxylic acids is 1. The summed E-state index contributed by atoms with van der Waals surface area (Å²) in [6, 6.07) is 5.93. The van der Waals surface area contributed by atoms with Crippen molar-refractivity contribution in [3.05, 3.63) is 36.9 Å². The third kappa shape index (κ3) is 2.43. The summed E-state index contributed by atoms with van der Waals surface area (Å²) >= 11 is 1.45. The van der Waals surface area contributed by atoms with Gasteiger partial charge in [0.2, 0.25) is 5.91 Å². The van der Waals surface area contributed by atoms with Gasteiger partial charge in [0, 0.05) is 24.9 Å². The number of rotatable bonds is 2. The second-order valence-electron chi connectivity index (χ2n) is 4.01. The van der Waals surface area contributed by atoms with Crippen LogP contribution in [0.3, 0.4) is 0 Å². The molecule has 19 heavy (non-hydrogen) atoms. The zero-order valence-electron chi connectivity index (χ0n) is 10.1. The Morgan fingerprint density at radius 3 is 2.74 bits per heavy atom. The van der Waals surface area contributed by atoms with Crippen molar-refractivity contribution in [2.24, 2.45) is 0 Å². The van der Waals surface area contributed by atoms with Crippen LogP contribution in [0.25, 0.3) is 21.3 Å². The predicted octanol–water partition coefficient (Wildman–Crippen LogP) is 2.71. The van der Waals surface area contributed by atoms with Crippen LogP contribution in [-0.2, 0) is 4.79 Å². The van der Waals surface area contributed by atoms with Gasteiger partial charge in [-0.25, -0.2) is 15.0 Å². The molecule has 0 fully saturated rings. The molecule has 1 aromatic carbocycles. The topological polar surface area (TPSA) is 67.8 Å². The number of nitrogens with zero attached hydrogens (tertiary/aromatic N) is 3. The van der Waals surface area contributed by atoms with Crippen molar-refractivity contribution in [2.75, 3.05) is 5.32 Å². The summed E-state index contributed by atoms with van der Waals surface area (Å²) in [4.78, 5) is 23.4. The molecule has 5 nitrogen and oxygen atoms in total. The summed E-state index contributed by atoms with van der Waals surface area (Å²) in [6.45, 7) is 1.47. The van der Waals surface area contributed by atoms with E-state index in [1.54, 1.807) is 12.4 Å². The Balaban J connectivity index is 2.03. The van der Waals surface area contributed by atoms with Gasteiger partial charge in [-0.3, -0.25) is 4.79 Å². The quantitative estimate of drug-likeness (QED) is 0.777. The molecule has 1 amide bonds. The van der Waals surface area contributed by atoms with E-state index in [9.17, 15) is 4.79 Å². The second-order valence-corrected chi connectivity index (χ2v) is 5.04. The van der Waals surface area contributed by atoms with E-state index in [-0.39, 0.29) is 5.91 Å². The van der Waals surface area contributed by atoms with Gasteiger partial charge in [-0.05, 0) is 17.7 Å². The Bertz CT molecular complexity index is 739. The van der Waals surface area contributed by atoms with Gasteiger partial charge in [0.1, 0.15) is 6.33 Å². The standard InChI is InChI=1S/C13H10N4OS/c1-8(18)16-13-17-11-3-2-9(4-12(11)19-13)10-5-14-7-15-6-10/h2-7H,1H3,(H,16,17,18). The fourth-order valence-corrected chi connectivity index (χ4v) is 2.71. The van der Waals surface area contributed by atoms with Gasteiger partial charge in [-0.15, -0.1) is 0 Å². The van der Waals surface area contributed by atoms with E-state index in [4.69, 9.17) is 0 Å². The average Bonchev–Trinajstić information content (AvgIpc) is 2.79. The Morgan fingerprint density at radius 2 is 2.00 bits per heavy atom. The Morgan fingerprint density at radius 1 is 1.21 bits per heavy atom. The van der Waals surface area contributed by atoms with Crippen LogP contribution in [0.4, 0.5) is 5.13 Å². The minimum atomic E-state index is -0.115. The summed E-state index contributed by atoms with van der Waals surface area (Å²) in [5, 5.41) is 3.31. The summed E-state index contributed by atoms with van der Waals surface area (Å²) < 4.78 is 1.02. The van der Waals surface area contributed by atoms with Crippen LogP contribution in [0.1, 0.15) is 6.92 Å². The number of thiazole rings is 1. The highest BCUT2D eigenvalue weighted by molar-refractivity contribution is 7.22. The molecule has 3 aromatic rings. The maximum Gasteiger partial charge on any atom is 0.223 e. The van der Waals surface area contributed by atoms with Gasteiger partial charge in [-0.2, -0.15) is 0 Å². The molecule has 0 atom stereocenters. The molecule has 0 unspecified atom stereocenters. The Labute approximate surface area is 113 Å². The lowest BCUT2D eigenvalue weighted by atomic mass is 10.1. The molecular weight excluding hydrogens is 260 g/mol. The monoisotopic (exact) mass is 270 g/mol. The number of aromatic nitrogens is 3. The molecule has 3 rings (SSSR count). The number of nitrogens with one attached hydrogen (secondary N) is 1. The zero-order chi connectivity index (χ0) is 13.2. The number of benzene rings is 1. The van der Waals surface area contributed by atoms with Crippen molar-refractivity contribution in [2.45, 2.75) is 6.92 Å². The third-order valence-corrected chi connectivity index (χ3v) is 3.50. The molecule has 0 aliphatic heterocycles. The molecule has 0 aliphatic carbocycles. The van der Waals surface area contributed by atoms with E-state index in [2.05, 4.69) is 20.3 Å². The van der Waals surface area contributed by atoms with Crippen LogP contribution in [0.2, 0.25) is 0 Å². The maximum atomic E-state index is 11.0. The van der Waals surface area contributed by atoms with Gasteiger partial charge in [-0.1, -0.05) is 17.4 Å². The van der Waals surface area contributed by atoms with Crippen molar-refractivity contribution >= 4 is 32.6 Å². The molecule has 0 saturated heterocycles. The van der Waals surface area contributed by atoms with Gasteiger partial charge in [0.25, 0.3) is 0 Å². The minimum absolute atomic E-state index is 0.115. The third-order valence-electron chi connectivity index (χ3n) is 2.57. The molecule has 2 aromatic heterocycles. The summed E-state index contributed by atoms with van der Waals surface area (Å²) in [6.07, 6.45) is 5.04. The molecule has 1 N–H and O–H groups in total. The smallest absolute Gasteiger partial charge is 0.223 e. The number of fused-ring (bicyclic) bond motifs is 1. The highest BCUT2D eigenvalue weighted by atomic mass is 32.1. The molecule has 0 aliphatic rings. The van der Waals surface area contributed by atoms with Crippen LogP contribution in [0.15, 0.2) is 36.9 Å². The van der Waals surface area contributed by atoms with E-state index in [1.807, 2.05) is 18.2 Å². The summed E-state index contributed by atoms with van der Waals surface area (Å²) in [5.74, 6) is -0.115. The zero-order valence-corrected chi connectivity index (χ0v) is 10.9. The van der Waals surface area contributed by atoms with Crippen LogP contribution in [0.5, 0.6) is 0 Å². The van der Waals surface area contributed by atoms with Gasteiger partial charge in [0.05, 0.1) is 10.2 Å². The lowest BCUT2D eigenvalue weighted by molar-refractivity contribution is -0.114. The van der Waals surface area contributed by atoms with E-state index >= 15 is 0 Å². The number of anilines is 1. The lowest BCUT2D eigenvalue weighted by Gasteiger charge is -1.98. The molecule has 0 radical (unpaired) electrons. The van der Waals surface area contributed by atoms with Crippen molar-refractivity contribution in [3.63, 3.8) is 0 Å². The first-order valence-corrected chi connectivity index (χ1v) is 6.47. The first-order valence-electron chi connectivity index (χ1n) is 5.66. The van der Waals surface area contributed by atoms with Crippen LogP contribution in [0, 0.1) is 0 Å². The molecular formula is C13H10N4OS. The van der Waals surface area contributed by atoms with Gasteiger partial charge >= 0.3 is 0 Å². The molecule has 94 valence electrons. The number of hydrogen-bond donors (Lipinski definition) is 1. The SMILES string of the molecule is CC(=O)Nc1nc2ccc(-c3cncnc3)cc2s1. The Kier molecular flexibility index (Phi) is 2.92.